The first kappa shape index (κ1) is 28.2. The summed E-state index contributed by atoms with van der Waals surface area (Å²) in [6.07, 6.45) is 1.92. The number of sulfonamides is 1. The molecule has 0 unspecified atom stereocenters. The van der Waals surface area contributed by atoms with Crippen LogP contribution in [-0.4, -0.2) is 48.0 Å². The number of nitrogens with one attached hydrogen (secondary N) is 1. The average Bonchev–Trinajstić information content (AvgIpc) is 2.91. The summed E-state index contributed by atoms with van der Waals surface area (Å²) in [4.78, 5) is 14.2. The first-order valence-electron chi connectivity index (χ1n) is 11.6. The van der Waals surface area contributed by atoms with Gasteiger partial charge in [-0.3, -0.25) is 9.10 Å². The zero-order valence-corrected chi connectivity index (χ0v) is 23.2. The number of thioether (sulfide) groups is 1. The molecule has 1 N–H and O–H groups in total. The molecule has 0 aliphatic carbocycles. The third-order valence-electron chi connectivity index (χ3n) is 5.66. The number of hydrogen-bond acceptors (Lipinski definition) is 7. The van der Waals surface area contributed by atoms with Crippen LogP contribution in [0.3, 0.4) is 0 Å². The highest BCUT2D eigenvalue weighted by Crippen LogP contribution is 2.30. The Bertz CT molecular complexity index is 1300. The Morgan fingerprint density at radius 3 is 2.19 bits per heavy atom. The van der Waals surface area contributed by atoms with Crippen molar-refractivity contribution in [2.24, 2.45) is 0 Å². The van der Waals surface area contributed by atoms with Crippen molar-refractivity contribution in [3.8, 4) is 17.2 Å². The number of carbonyl (C=O) groups excluding carboxylic acids is 1. The molecule has 8 nitrogen and oxygen atoms in total. The van der Waals surface area contributed by atoms with Crippen LogP contribution in [0.5, 0.6) is 17.2 Å². The van der Waals surface area contributed by atoms with Gasteiger partial charge in [0.25, 0.3) is 10.0 Å². The quantitative estimate of drug-likeness (QED) is 0.324. The predicted octanol–water partition coefficient (Wildman–Crippen LogP) is 4.90. The number of methoxy groups -OCH3 is 2. The summed E-state index contributed by atoms with van der Waals surface area (Å²) >= 11 is 1.52. The van der Waals surface area contributed by atoms with Gasteiger partial charge in [-0.25, -0.2) is 8.42 Å². The predicted molar refractivity (Wildman–Crippen MR) is 146 cm³/mol. The molecule has 3 aromatic rings. The van der Waals surface area contributed by atoms with Crippen molar-refractivity contribution in [3.63, 3.8) is 0 Å². The summed E-state index contributed by atoms with van der Waals surface area (Å²) in [7, 11) is -0.947. The molecule has 0 radical (unpaired) electrons. The van der Waals surface area contributed by atoms with Gasteiger partial charge in [0.05, 0.1) is 37.5 Å². The zero-order chi connectivity index (χ0) is 27.0. The summed E-state index contributed by atoms with van der Waals surface area (Å²) in [6.45, 7) is 3.76. The molecule has 3 aromatic carbocycles. The van der Waals surface area contributed by atoms with Gasteiger partial charge in [-0.1, -0.05) is 6.07 Å². The summed E-state index contributed by atoms with van der Waals surface area (Å²) in [6, 6.07) is 18.2. The van der Waals surface area contributed by atoms with E-state index in [1.165, 1.54) is 18.9 Å². The van der Waals surface area contributed by atoms with Crippen LogP contribution in [0.2, 0.25) is 0 Å². The number of benzene rings is 3. The minimum Gasteiger partial charge on any atom is -0.494 e. The van der Waals surface area contributed by atoms with Gasteiger partial charge in [0, 0.05) is 4.90 Å². The number of nitrogens with zero attached hydrogens (tertiary/aromatic N) is 1. The lowest BCUT2D eigenvalue weighted by Crippen LogP contribution is -2.41. The maximum absolute atomic E-state index is 13.7. The van der Waals surface area contributed by atoms with E-state index in [0.29, 0.717) is 29.5 Å². The van der Waals surface area contributed by atoms with Crippen LogP contribution in [-0.2, 0) is 14.8 Å². The van der Waals surface area contributed by atoms with Crippen molar-refractivity contribution in [1.29, 1.82) is 0 Å². The minimum absolute atomic E-state index is 0.0972. The normalized spacial score (nSPS) is 11.9. The monoisotopic (exact) mass is 544 g/mol. The molecule has 0 spiro atoms. The summed E-state index contributed by atoms with van der Waals surface area (Å²) in [5.41, 5.74) is 1.14. The van der Waals surface area contributed by atoms with Crippen LogP contribution >= 0.6 is 11.8 Å². The fraction of sp³-hybridized carbons (Fsp3) is 0.296. The van der Waals surface area contributed by atoms with Crippen LogP contribution < -0.4 is 23.8 Å². The highest BCUT2D eigenvalue weighted by Gasteiger charge is 2.28. The van der Waals surface area contributed by atoms with Crippen LogP contribution in [0, 0.1) is 0 Å². The first-order valence-corrected chi connectivity index (χ1v) is 14.3. The molecule has 0 saturated carbocycles. The smallest absolute Gasteiger partial charge is 0.264 e. The lowest BCUT2D eigenvalue weighted by atomic mass is 10.1. The second-order valence-electron chi connectivity index (χ2n) is 8.02. The molecule has 0 bridgehead atoms. The molecule has 1 amide bonds. The number of anilines is 1. The number of carbonyl (C=O) groups is 1. The van der Waals surface area contributed by atoms with E-state index in [0.717, 1.165) is 14.8 Å². The topological polar surface area (TPSA) is 94.2 Å². The Kier molecular flexibility index (Phi) is 9.71. The van der Waals surface area contributed by atoms with Crippen molar-refractivity contribution in [2.75, 3.05) is 37.9 Å². The molecule has 0 aliphatic heterocycles. The Labute approximate surface area is 223 Å². The lowest BCUT2D eigenvalue weighted by molar-refractivity contribution is -0.120. The van der Waals surface area contributed by atoms with Gasteiger partial charge in [-0.2, -0.15) is 0 Å². The summed E-state index contributed by atoms with van der Waals surface area (Å²) in [5.74, 6) is 1.26. The molecular weight excluding hydrogens is 512 g/mol. The van der Waals surface area contributed by atoms with Crippen LogP contribution in [0.4, 0.5) is 5.69 Å². The third kappa shape index (κ3) is 6.90. The molecule has 0 aliphatic rings. The zero-order valence-electron chi connectivity index (χ0n) is 21.6. The van der Waals surface area contributed by atoms with E-state index >= 15 is 0 Å². The van der Waals surface area contributed by atoms with E-state index in [2.05, 4.69) is 5.32 Å². The maximum Gasteiger partial charge on any atom is 0.264 e. The van der Waals surface area contributed by atoms with E-state index in [4.69, 9.17) is 14.2 Å². The van der Waals surface area contributed by atoms with E-state index < -0.39 is 28.5 Å². The maximum atomic E-state index is 13.7. The summed E-state index contributed by atoms with van der Waals surface area (Å²) < 4.78 is 44.6. The molecule has 0 heterocycles. The third-order valence-corrected chi connectivity index (χ3v) is 8.19. The number of amides is 1. The van der Waals surface area contributed by atoms with Crippen LogP contribution in [0.15, 0.2) is 76.5 Å². The van der Waals surface area contributed by atoms with Crippen molar-refractivity contribution in [1.82, 2.24) is 5.32 Å². The van der Waals surface area contributed by atoms with Gasteiger partial charge < -0.3 is 19.5 Å². The van der Waals surface area contributed by atoms with Gasteiger partial charge in [-0.05, 0) is 86.3 Å². The van der Waals surface area contributed by atoms with Gasteiger partial charge in [0.2, 0.25) is 5.91 Å². The van der Waals surface area contributed by atoms with E-state index in [9.17, 15) is 13.2 Å². The largest absolute Gasteiger partial charge is 0.494 e. The second-order valence-corrected chi connectivity index (χ2v) is 10.8. The highest BCUT2D eigenvalue weighted by molar-refractivity contribution is 7.98. The number of ether oxygens (including phenoxy) is 3. The minimum atomic E-state index is -4.03. The molecule has 198 valence electrons. The van der Waals surface area contributed by atoms with Crippen LogP contribution in [0.1, 0.15) is 25.5 Å². The van der Waals surface area contributed by atoms with Crippen molar-refractivity contribution < 1.29 is 27.4 Å². The van der Waals surface area contributed by atoms with Gasteiger partial charge in [-0.15, -0.1) is 11.8 Å². The fourth-order valence-corrected chi connectivity index (χ4v) is 5.52. The second kappa shape index (κ2) is 12.7. The number of rotatable bonds is 12. The molecule has 37 heavy (non-hydrogen) atoms. The van der Waals surface area contributed by atoms with Gasteiger partial charge in [0.1, 0.15) is 12.3 Å². The molecule has 10 heteroatoms. The SMILES string of the molecule is CCOc1ccc(N(CC(=O)N[C@H](C)c2ccc(OC)c(OC)c2)S(=O)(=O)c2ccc(SC)cc2)cc1. The standard InChI is InChI=1S/C27H32N2O6S2/c1-6-35-22-10-8-21(9-11-22)29(37(31,32)24-14-12-23(36-5)13-15-24)18-27(30)28-19(2)20-7-16-25(33-3)26(17-20)34-4/h7-17,19H,6,18H2,1-5H3,(H,28,30)/t19-/m1/s1. The first-order chi connectivity index (χ1) is 17.7. The van der Waals surface area contributed by atoms with E-state index in [1.54, 1.807) is 67.8 Å². The Morgan fingerprint density at radius 1 is 0.973 bits per heavy atom. The molecule has 0 saturated heterocycles. The number of hydrogen-bond donors (Lipinski definition) is 1. The molecule has 0 aromatic heterocycles. The lowest BCUT2D eigenvalue weighted by Gasteiger charge is -2.25. The molecule has 0 fully saturated rings. The van der Waals surface area contributed by atoms with Gasteiger partial charge in [0.15, 0.2) is 11.5 Å². The fourth-order valence-electron chi connectivity index (χ4n) is 3.69. The summed E-state index contributed by atoms with van der Waals surface area (Å²) in [5, 5.41) is 2.89. The van der Waals surface area contributed by atoms with Crippen LogP contribution in [0.25, 0.3) is 0 Å². The molecule has 3 rings (SSSR count). The molecular formula is C27H32N2O6S2. The molecule has 1 atom stereocenters. The van der Waals surface area contributed by atoms with Gasteiger partial charge >= 0.3 is 0 Å². The Balaban J connectivity index is 1.88. The van der Waals surface area contributed by atoms with Crippen molar-refractivity contribution in [3.05, 3.63) is 72.3 Å². The van der Waals surface area contributed by atoms with E-state index in [-0.39, 0.29) is 4.90 Å². The highest BCUT2D eigenvalue weighted by atomic mass is 32.2. The van der Waals surface area contributed by atoms with E-state index in [1.807, 2.05) is 26.2 Å². The van der Waals surface area contributed by atoms with Crippen molar-refractivity contribution in [2.45, 2.75) is 29.7 Å². The average molecular weight is 545 g/mol. The Morgan fingerprint density at radius 2 is 1.62 bits per heavy atom. The van der Waals surface area contributed by atoms with Crippen molar-refractivity contribution >= 4 is 33.4 Å². The Hall–Kier alpha value is -3.37.